The molecular formula is C6H4Cl2OS. The average molecular weight is 195 g/mol. The van der Waals surface area contributed by atoms with Crippen LogP contribution < -0.4 is 0 Å². The highest BCUT2D eigenvalue weighted by Crippen LogP contribution is 2.34. The highest BCUT2D eigenvalue weighted by molar-refractivity contribution is 7.80. The van der Waals surface area contributed by atoms with Crippen molar-refractivity contribution in [2.75, 3.05) is 0 Å². The minimum atomic E-state index is -0.0718. The maximum atomic E-state index is 9.09. The first-order chi connectivity index (χ1) is 4.63. The number of thiol groups is 1. The van der Waals surface area contributed by atoms with Crippen molar-refractivity contribution >= 4 is 35.8 Å². The van der Waals surface area contributed by atoms with Crippen molar-refractivity contribution in [2.45, 2.75) is 4.90 Å². The Bertz CT molecular complexity index is 235. The molecule has 0 saturated heterocycles. The molecule has 0 aliphatic rings. The van der Waals surface area contributed by atoms with Crippen LogP contribution in [0.2, 0.25) is 10.0 Å². The molecule has 0 saturated carbocycles. The summed E-state index contributed by atoms with van der Waals surface area (Å²) in [7, 11) is 0. The molecule has 0 bridgehead atoms. The highest BCUT2D eigenvalue weighted by Gasteiger charge is 2.04. The van der Waals surface area contributed by atoms with Gasteiger partial charge in [0, 0.05) is 0 Å². The second-order valence-corrected chi connectivity index (χ2v) is 2.99. The Morgan fingerprint density at radius 1 is 1.20 bits per heavy atom. The summed E-state index contributed by atoms with van der Waals surface area (Å²) in [5.74, 6) is -0.0718. The molecule has 0 amide bonds. The summed E-state index contributed by atoms with van der Waals surface area (Å²) >= 11 is 15.0. The zero-order valence-corrected chi connectivity index (χ0v) is 7.21. The van der Waals surface area contributed by atoms with Gasteiger partial charge in [0.05, 0.1) is 14.9 Å². The van der Waals surface area contributed by atoms with Crippen molar-refractivity contribution in [1.29, 1.82) is 0 Å². The number of phenols is 1. The summed E-state index contributed by atoms with van der Waals surface area (Å²) in [6.07, 6.45) is 0. The second kappa shape index (κ2) is 2.91. The summed E-state index contributed by atoms with van der Waals surface area (Å²) in [4.78, 5) is 0.314. The van der Waals surface area contributed by atoms with Crippen molar-refractivity contribution in [3.8, 4) is 5.75 Å². The number of hydrogen-bond acceptors (Lipinski definition) is 2. The van der Waals surface area contributed by atoms with Crippen molar-refractivity contribution in [3.63, 3.8) is 0 Å². The number of aromatic hydroxyl groups is 1. The molecule has 4 heteroatoms. The summed E-state index contributed by atoms with van der Waals surface area (Å²) in [6.45, 7) is 0. The molecule has 1 N–H and O–H groups in total. The number of phenolic OH excluding ortho intramolecular Hbond substituents is 1. The van der Waals surface area contributed by atoms with Crippen LogP contribution in [0.3, 0.4) is 0 Å². The summed E-state index contributed by atoms with van der Waals surface area (Å²) in [6, 6.07) is 3.09. The van der Waals surface area contributed by atoms with E-state index in [0.29, 0.717) is 9.92 Å². The predicted octanol–water partition coefficient (Wildman–Crippen LogP) is 2.99. The van der Waals surface area contributed by atoms with E-state index >= 15 is 0 Å². The Kier molecular flexibility index (Phi) is 2.34. The molecule has 1 aromatic carbocycles. The summed E-state index contributed by atoms with van der Waals surface area (Å²) < 4.78 is 0. The first-order valence-corrected chi connectivity index (χ1v) is 3.69. The van der Waals surface area contributed by atoms with Crippen LogP contribution in [-0.4, -0.2) is 5.11 Å². The van der Waals surface area contributed by atoms with Gasteiger partial charge in [0.2, 0.25) is 0 Å². The number of halogens is 2. The Hall–Kier alpha value is -0.0500. The molecule has 1 nitrogen and oxygen atoms in total. The summed E-state index contributed by atoms with van der Waals surface area (Å²) in [5.41, 5.74) is 0. The van der Waals surface area contributed by atoms with Gasteiger partial charge in [-0.25, -0.2) is 0 Å². The molecule has 0 aromatic heterocycles. The first-order valence-electron chi connectivity index (χ1n) is 2.49. The van der Waals surface area contributed by atoms with Crippen molar-refractivity contribution in [3.05, 3.63) is 22.2 Å². The van der Waals surface area contributed by atoms with Crippen LogP contribution in [0.15, 0.2) is 17.0 Å². The predicted molar refractivity (Wildman–Crippen MR) is 45.4 cm³/mol. The Morgan fingerprint density at radius 3 is 2.20 bits per heavy atom. The molecule has 1 aromatic rings. The third kappa shape index (κ3) is 1.34. The Labute approximate surface area is 74.0 Å². The maximum absolute atomic E-state index is 9.09. The molecule has 0 radical (unpaired) electrons. The van der Waals surface area contributed by atoms with Gasteiger partial charge in [-0.3, -0.25) is 0 Å². The lowest BCUT2D eigenvalue weighted by Gasteiger charge is -2.00. The molecule has 1 rings (SSSR count). The van der Waals surface area contributed by atoms with E-state index in [1.54, 1.807) is 6.07 Å². The second-order valence-electron chi connectivity index (χ2n) is 1.73. The van der Waals surface area contributed by atoms with Gasteiger partial charge in [-0.05, 0) is 12.1 Å². The maximum Gasteiger partial charge on any atom is 0.148 e. The van der Waals surface area contributed by atoms with E-state index in [9.17, 15) is 0 Å². The van der Waals surface area contributed by atoms with Gasteiger partial charge in [-0.1, -0.05) is 23.2 Å². The molecule has 0 heterocycles. The largest absolute Gasteiger partial charge is 0.505 e. The SMILES string of the molecule is Oc1c(Cl)ccc(Cl)c1S. The van der Waals surface area contributed by atoms with E-state index in [1.165, 1.54) is 6.07 Å². The zero-order chi connectivity index (χ0) is 7.72. The van der Waals surface area contributed by atoms with E-state index in [1.807, 2.05) is 0 Å². The van der Waals surface area contributed by atoms with Crippen molar-refractivity contribution in [1.82, 2.24) is 0 Å². The molecule has 0 aliphatic carbocycles. The van der Waals surface area contributed by atoms with E-state index in [0.717, 1.165) is 0 Å². The topological polar surface area (TPSA) is 20.2 Å². The zero-order valence-electron chi connectivity index (χ0n) is 4.81. The van der Waals surface area contributed by atoms with Gasteiger partial charge < -0.3 is 5.11 Å². The fourth-order valence-electron chi connectivity index (χ4n) is 0.530. The standard InChI is InChI=1S/C6H4Cl2OS/c7-3-1-2-4(8)6(10)5(3)9/h1-2,9-10H. The minimum absolute atomic E-state index is 0.0718. The minimum Gasteiger partial charge on any atom is -0.505 e. The van der Waals surface area contributed by atoms with Crippen LogP contribution >= 0.6 is 35.8 Å². The number of rotatable bonds is 0. The third-order valence-electron chi connectivity index (χ3n) is 1.05. The van der Waals surface area contributed by atoms with E-state index in [-0.39, 0.29) is 10.8 Å². The van der Waals surface area contributed by atoms with Gasteiger partial charge in [-0.2, -0.15) is 0 Å². The van der Waals surface area contributed by atoms with E-state index < -0.39 is 0 Å². The molecule has 0 fully saturated rings. The van der Waals surface area contributed by atoms with Crippen LogP contribution in [-0.2, 0) is 0 Å². The van der Waals surface area contributed by atoms with Crippen molar-refractivity contribution in [2.24, 2.45) is 0 Å². The highest BCUT2D eigenvalue weighted by atomic mass is 35.5. The van der Waals surface area contributed by atoms with Gasteiger partial charge in [0.25, 0.3) is 0 Å². The lowest BCUT2D eigenvalue weighted by Crippen LogP contribution is -1.72. The van der Waals surface area contributed by atoms with Crippen LogP contribution in [0.4, 0.5) is 0 Å². The van der Waals surface area contributed by atoms with Gasteiger partial charge in [-0.15, -0.1) is 12.6 Å². The Morgan fingerprint density at radius 2 is 1.70 bits per heavy atom. The fourth-order valence-corrected chi connectivity index (χ4v) is 1.10. The fraction of sp³-hybridized carbons (Fsp3) is 0. The molecule has 0 aliphatic heterocycles. The van der Waals surface area contributed by atoms with E-state index in [2.05, 4.69) is 12.6 Å². The quantitative estimate of drug-likeness (QED) is 0.609. The lowest BCUT2D eigenvalue weighted by atomic mass is 10.3. The monoisotopic (exact) mass is 194 g/mol. The average Bonchev–Trinajstić information content (AvgIpc) is 1.93. The van der Waals surface area contributed by atoms with Crippen LogP contribution in [0.5, 0.6) is 5.75 Å². The van der Waals surface area contributed by atoms with Crippen LogP contribution in [0.25, 0.3) is 0 Å². The first kappa shape index (κ1) is 8.05. The van der Waals surface area contributed by atoms with Crippen LogP contribution in [0.1, 0.15) is 0 Å². The molecule has 10 heavy (non-hydrogen) atoms. The number of benzene rings is 1. The van der Waals surface area contributed by atoms with Crippen LogP contribution in [0, 0.1) is 0 Å². The Balaban J connectivity index is 3.34. The van der Waals surface area contributed by atoms with Gasteiger partial charge in [0.15, 0.2) is 0 Å². The third-order valence-corrected chi connectivity index (χ3v) is 2.26. The molecule has 54 valence electrons. The normalized spacial score (nSPS) is 9.90. The summed E-state index contributed by atoms with van der Waals surface area (Å²) in [5, 5.41) is 9.75. The van der Waals surface area contributed by atoms with Gasteiger partial charge >= 0.3 is 0 Å². The van der Waals surface area contributed by atoms with E-state index in [4.69, 9.17) is 28.3 Å². The molecule has 0 atom stereocenters. The number of hydrogen-bond donors (Lipinski definition) is 2. The molecule has 0 spiro atoms. The smallest absolute Gasteiger partial charge is 0.148 e. The molecule has 0 unspecified atom stereocenters. The van der Waals surface area contributed by atoms with Gasteiger partial charge in [0.1, 0.15) is 5.75 Å². The molecular weight excluding hydrogens is 191 g/mol. The van der Waals surface area contributed by atoms with Crippen molar-refractivity contribution < 1.29 is 5.11 Å². The lowest BCUT2D eigenvalue weighted by molar-refractivity contribution is 0.463.